The lowest BCUT2D eigenvalue weighted by Crippen LogP contribution is -2.44. The monoisotopic (exact) mass is 515 g/mol. The largest absolute Gasteiger partial charge is 0.381 e. The Labute approximate surface area is 183 Å². The third kappa shape index (κ3) is 6.71. The molecule has 0 aromatic heterocycles. The molecule has 0 bridgehead atoms. The highest BCUT2D eigenvalue weighted by Crippen LogP contribution is 2.26. The smallest absolute Gasteiger partial charge is 0.191 e. The highest BCUT2D eigenvalue weighted by molar-refractivity contribution is 14.0. The van der Waals surface area contributed by atoms with E-state index < -0.39 is 0 Å². The maximum Gasteiger partial charge on any atom is 0.191 e. The van der Waals surface area contributed by atoms with Crippen molar-refractivity contribution in [3.8, 4) is 0 Å². The molecule has 8 heteroatoms. The van der Waals surface area contributed by atoms with E-state index in [1.165, 1.54) is 0 Å². The van der Waals surface area contributed by atoms with Crippen LogP contribution in [0, 0.1) is 0 Å². The van der Waals surface area contributed by atoms with Gasteiger partial charge in [0.25, 0.3) is 0 Å². The molecule has 1 unspecified atom stereocenters. The molecular formula is C18H28Cl2IN3O2. The van der Waals surface area contributed by atoms with Crippen molar-refractivity contribution < 1.29 is 9.47 Å². The minimum absolute atomic E-state index is 0. The van der Waals surface area contributed by atoms with Gasteiger partial charge in [-0.1, -0.05) is 29.3 Å². The lowest BCUT2D eigenvalue weighted by atomic mass is 9.94. The van der Waals surface area contributed by atoms with Crippen LogP contribution in [0.4, 0.5) is 0 Å². The van der Waals surface area contributed by atoms with E-state index in [0.29, 0.717) is 29.8 Å². The van der Waals surface area contributed by atoms with Crippen molar-refractivity contribution in [3.63, 3.8) is 0 Å². The first-order valence-electron chi connectivity index (χ1n) is 8.62. The van der Waals surface area contributed by atoms with Crippen molar-refractivity contribution in [2.24, 2.45) is 4.99 Å². The number of halogens is 3. The lowest BCUT2D eigenvalue weighted by Gasteiger charge is -2.34. The van der Waals surface area contributed by atoms with Crippen molar-refractivity contribution in [3.05, 3.63) is 33.8 Å². The van der Waals surface area contributed by atoms with Crippen molar-refractivity contribution in [2.45, 2.75) is 38.3 Å². The van der Waals surface area contributed by atoms with Crippen molar-refractivity contribution in [2.75, 3.05) is 33.4 Å². The number of methoxy groups -OCH3 is 1. The molecule has 2 N–H and O–H groups in total. The second-order valence-corrected chi connectivity index (χ2v) is 7.05. The number of nitrogens with one attached hydrogen (secondary N) is 2. The van der Waals surface area contributed by atoms with Crippen LogP contribution in [-0.2, 0) is 9.47 Å². The Hall–Kier alpha value is -0.280. The maximum absolute atomic E-state index is 6.12. The van der Waals surface area contributed by atoms with Gasteiger partial charge in [0, 0.05) is 39.7 Å². The fraction of sp³-hybridized carbons (Fsp3) is 0.611. The number of benzene rings is 1. The van der Waals surface area contributed by atoms with Crippen LogP contribution in [-0.4, -0.2) is 45.0 Å². The van der Waals surface area contributed by atoms with E-state index in [4.69, 9.17) is 37.7 Å². The second-order valence-electron chi connectivity index (χ2n) is 6.23. The Morgan fingerprint density at radius 3 is 2.58 bits per heavy atom. The summed E-state index contributed by atoms with van der Waals surface area (Å²) >= 11 is 12.1. The summed E-state index contributed by atoms with van der Waals surface area (Å²) in [6.07, 6.45) is 1.71. The van der Waals surface area contributed by atoms with E-state index in [-0.39, 0.29) is 35.6 Å². The molecule has 1 saturated heterocycles. The van der Waals surface area contributed by atoms with Gasteiger partial charge in [0.1, 0.15) is 0 Å². The molecule has 1 aliphatic rings. The number of ether oxygens (including phenoxy) is 2. The Bertz CT molecular complexity index is 596. The number of nitrogens with zero attached hydrogens (tertiary/aromatic N) is 1. The van der Waals surface area contributed by atoms with Gasteiger partial charge in [0.15, 0.2) is 5.96 Å². The van der Waals surface area contributed by atoms with Gasteiger partial charge in [-0.15, -0.1) is 24.0 Å². The molecule has 1 heterocycles. The van der Waals surface area contributed by atoms with Crippen molar-refractivity contribution in [1.82, 2.24) is 10.6 Å². The molecule has 1 aliphatic heterocycles. The zero-order valence-corrected chi connectivity index (χ0v) is 19.3. The lowest BCUT2D eigenvalue weighted by molar-refractivity contribution is -0.0828. The predicted octanol–water partition coefficient (Wildman–Crippen LogP) is 4.42. The first kappa shape index (κ1) is 23.8. The predicted molar refractivity (Wildman–Crippen MR) is 119 cm³/mol. The average Bonchev–Trinajstić information content (AvgIpc) is 2.63. The molecule has 0 saturated carbocycles. The van der Waals surface area contributed by atoms with Crippen LogP contribution in [0.25, 0.3) is 0 Å². The van der Waals surface area contributed by atoms with Gasteiger partial charge in [-0.05, 0) is 31.5 Å². The summed E-state index contributed by atoms with van der Waals surface area (Å²) in [6.45, 7) is 6.91. The Morgan fingerprint density at radius 2 is 2.00 bits per heavy atom. The molecule has 1 atom stereocenters. The van der Waals surface area contributed by atoms with E-state index in [9.17, 15) is 0 Å². The van der Waals surface area contributed by atoms with Gasteiger partial charge in [-0.2, -0.15) is 0 Å². The molecule has 0 aliphatic carbocycles. The third-order valence-electron chi connectivity index (χ3n) is 4.50. The van der Waals surface area contributed by atoms with Gasteiger partial charge >= 0.3 is 0 Å². The first-order chi connectivity index (χ1) is 12.0. The molecule has 26 heavy (non-hydrogen) atoms. The summed E-state index contributed by atoms with van der Waals surface area (Å²) in [5.74, 6) is 0.754. The summed E-state index contributed by atoms with van der Waals surface area (Å²) in [5, 5.41) is 7.80. The van der Waals surface area contributed by atoms with Crippen LogP contribution in [0.5, 0.6) is 0 Å². The Balaban J connectivity index is 0.00000338. The van der Waals surface area contributed by atoms with Crippen LogP contribution in [0.3, 0.4) is 0 Å². The fourth-order valence-electron chi connectivity index (χ4n) is 2.78. The van der Waals surface area contributed by atoms with Crippen LogP contribution >= 0.6 is 47.2 Å². The van der Waals surface area contributed by atoms with Crippen molar-refractivity contribution >= 4 is 53.1 Å². The summed E-state index contributed by atoms with van der Waals surface area (Å²) < 4.78 is 11.2. The summed E-state index contributed by atoms with van der Waals surface area (Å²) in [7, 11) is 1.75. The number of aliphatic imine (C=N–C) groups is 1. The molecule has 0 amide bonds. The molecule has 148 valence electrons. The SMILES string of the molecule is CCNC(=NCC1(OC)CCOCC1)NC(C)c1ccc(Cl)c(Cl)c1.I. The van der Waals surface area contributed by atoms with Gasteiger partial charge < -0.3 is 20.1 Å². The Morgan fingerprint density at radius 1 is 1.31 bits per heavy atom. The van der Waals surface area contributed by atoms with E-state index in [1.54, 1.807) is 7.11 Å². The van der Waals surface area contributed by atoms with Gasteiger partial charge in [-0.3, -0.25) is 4.99 Å². The van der Waals surface area contributed by atoms with Crippen LogP contribution in [0.1, 0.15) is 38.3 Å². The minimum atomic E-state index is -0.243. The molecule has 1 aromatic rings. The quantitative estimate of drug-likeness (QED) is 0.334. The van der Waals surface area contributed by atoms with Gasteiger partial charge in [0.05, 0.1) is 28.2 Å². The second kappa shape index (κ2) is 11.5. The Kier molecular flexibility index (Phi) is 10.5. The van der Waals surface area contributed by atoms with Gasteiger partial charge in [-0.25, -0.2) is 0 Å². The summed E-state index contributed by atoms with van der Waals surface area (Å²) in [5.41, 5.74) is 0.806. The summed E-state index contributed by atoms with van der Waals surface area (Å²) in [4.78, 5) is 4.74. The van der Waals surface area contributed by atoms with Crippen LogP contribution < -0.4 is 10.6 Å². The molecule has 5 nitrogen and oxygen atoms in total. The highest BCUT2D eigenvalue weighted by atomic mass is 127. The molecule has 2 rings (SSSR count). The first-order valence-corrected chi connectivity index (χ1v) is 9.38. The zero-order valence-electron chi connectivity index (χ0n) is 15.5. The standard InChI is InChI=1S/C18H27Cl2N3O2.HI/c1-4-21-17(22-12-18(24-3)7-9-25-10-8-18)23-13(2)14-5-6-15(19)16(20)11-14;/h5-6,11,13H,4,7-10,12H2,1-3H3,(H2,21,22,23);1H. The molecule has 0 radical (unpaired) electrons. The maximum atomic E-state index is 6.12. The van der Waals surface area contributed by atoms with Crippen LogP contribution in [0.2, 0.25) is 10.0 Å². The fourth-order valence-corrected chi connectivity index (χ4v) is 3.09. The van der Waals surface area contributed by atoms with E-state index in [1.807, 2.05) is 25.1 Å². The highest BCUT2D eigenvalue weighted by Gasteiger charge is 2.32. The van der Waals surface area contributed by atoms with E-state index in [2.05, 4.69) is 17.6 Å². The molecular weight excluding hydrogens is 488 g/mol. The molecule has 1 fully saturated rings. The number of guanidine groups is 1. The number of hydrogen-bond donors (Lipinski definition) is 2. The van der Waals surface area contributed by atoms with E-state index >= 15 is 0 Å². The van der Waals surface area contributed by atoms with E-state index in [0.717, 1.165) is 30.9 Å². The molecule has 1 aromatic carbocycles. The third-order valence-corrected chi connectivity index (χ3v) is 5.24. The summed E-state index contributed by atoms with van der Waals surface area (Å²) in [6, 6.07) is 5.69. The van der Waals surface area contributed by atoms with Crippen molar-refractivity contribution in [1.29, 1.82) is 0 Å². The topological polar surface area (TPSA) is 54.9 Å². The van der Waals surface area contributed by atoms with Crippen LogP contribution in [0.15, 0.2) is 23.2 Å². The minimum Gasteiger partial charge on any atom is -0.381 e. The number of hydrogen-bond acceptors (Lipinski definition) is 3. The normalized spacial score (nSPS) is 18.0. The molecule has 0 spiro atoms. The van der Waals surface area contributed by atoms with Gasteiger partial charge in [0.2, 0.25) is 0 Å². The zero-order chi connectivity index (χ0) is 18.3. The number of rotatable bonds is 6. The average molecular weight is 516 g/mol.